The Morgan fingerprint density at radius 2 is 1.41 bits per heavy atom. The van der Waals surface area contributed by atoms with Crippen LogP contribution in [0.2, 0.25) is 0 Å². The average Bonchev–Trinajstić information content (AvgIpc) is 3.17. The summed E-state index contributed by atoms with van der Waals surface area (Å²) in [7, 11) is -4.56. The molecule has 1 aliphatic heterocycles. The van der Waals surface area contributed by atoms with Gasteiger partial charge in [0.25, 0.3) is 21.9 Å². The Morgan fingerprint density at radius 1 is 0.854 bits per heavy atom. The molecule has 0 saturated carbocycles. The van der Waals surface area contributed by atoms with Crippen LogP contribution in [-0.2, 0) is 30.9 Å². The molecule has 0 spiro atoms. The zero-order valence-corrected chi connectivity index (χ0v) is 23.3. The van der Waals surface area contributed by atoms with Gasteiger partial charge in [0.15, 0.2) is 0 Å². The van der Waals surface area contributed by atoms with Crippen LogP contribution in [-0.4, -0.2) is 71.1 Å². The van der Waals surface area contributed by atoms with Gasteiger partial charge in [0, 0.05) is 13.0 Å². The second kappa shape index (κ2) is 13.5. The number of hydrogen-bond acceptors (Lipinski definition) is 8. The van der Waals surface area contributed by atoms with E-state index < -0.39 is 70.0 Å². The Kier molecular flexibility index (Phi) is 10.3. The molecular weight excluding hydrogens is 556 g/mol. The Hall–Kier alpha value is -4.14. The summed E-state index contributed by atoms with van der Waals surface area (Å²) in [6, 6.07) is 13.3. The summed E-state index contributed by atoms with van der Waals surface area (Å²) in [6.07, 6.45) is 0.00530. The first-order valence-corrected chi connectivity index (χ1v) is 14.4. The highest BCUT2D eigenvalue weighted by Gasteiger charge is 2.42. The molecule has 0 fully saturated rings. The van der Waals surface area contributed by atoms with Gasteiger partial charge in [-0.3, -0.25) is 38.6 Å². The van der Waals surface area contributed by atoms with Crippen molar-refractivity contribution in [3.05, 3.63) is 71.3 Å². The zero-order valence-electron chi connectivity index (χ0n) is 22.4. The molecular formula is C27H32N4O9S. The largest absolute Gasteiger partial charge is 0.344 e. The molecule has 2 aromatic rings. The third kappa shape index (κ3) is 8.19. The van der Waals surface area contributed by atoms with Crippen molar-refractivity contribution in [2.24, 2.45) is 17.8 Å². The van der Waals surface area contributed by atoms with Crippen LogP contribution >= 0.6 is 0 Å². The standard InChI is InChI=1S/C27H32N4O9S/c1-16(2)12-20(21(24(33)30-37)14-31-26(35)18-10-6-7-11-19(18)27(31)36)23(32)29-22(13-17-8-4-3-5-9-17)25(34)28-15-41(38,39)40/h3-11,16,20-22,37H,12-15H2,1-2H3,(H,28,34)(H,29,32)(H,30,33)(H,38,39,40). The SMILES string of the molecule is CC(C)CC(C(=O)NC(Cc1ccccc1)C(=O)NCS(=O)(=O)O)C(CN1C(=O)c2ccccc2C1=O)C(=O)NO. The van der Waals surface area contributed by atoms with Crippen molar-refractivity contribution in [3.63, 3.8) is 0 Å². The fraction of sp³-hybridized carbons (Fsp3) is 0.370. The first kappa shape index (κ1) is 31.4. The summed E-state index contributed by atoms with van der Waals surface area (Å²) in [5, 5.41) is 14.1. The number of hydrogen-bond donors (Lipinski definition) is 5. The van der Waals surface area contributed by atoms with E-state index in [0.717, 1.165) is 4.90 Å². The molecule has 220 valence electrons. The smallest absolute Gasteiger partial charge is 0.283 e. The van der Waals surface area contributed by atoms with Gasteiger partial charge >= 0.3 is 0 Å². The maximum atomic E-state index is 13.7. The van der Waals surface area contributed by atoms with E-state index in [-0.39, 0.29) is 29.9 Å². The molecule has 3 atom stereocenters. The van der Waals surface area contributed by atoms with Gasteiger partial charge in [0.05, 0.1) is 23.0 Å². The number of fused-ring (bicyclic) bond motifs is 1. The lowest BCUT2D eigenvalue weighted by molar-refractivity contribution is -0.142. The third-order valence-electron chi connectivity index (χ3n) is 6.60. The Balaban J connectivity index is 1.91. The van der Waals surface area contributed by atoms with E-state index >= 15 is 0 Å². The van der Waals surface area contributed by atoms with Gasteiger partial charge in [-0.05, 0) is 30.0 Å². The van der Waals surface area contributed by atoms with Crippen molar-refractivity contribution in [2.45, 2.75) is 32.7 Å². The molecule has 0 aromatic heterocycles. The van der Waals surface area contributed by atoms with Gasteiger partial charge in [0.2, 0.25) is 17.7 Å². The predicted octanol–water partition coefficient (Wildman–Crippen LogP) is 0.756. The number of nitrogens with zero attached hydrogens (tertiary/aromatic N) is 1. The second-order valence-electron chi connectivity index (χ2n) is 10.1. The van der Waals surface area contributed by atoms with E-state index in [1.54, 1.807) is 56.3 Å². The van der Waals surface area contributed by atoms with Crippen LogP contribution in [0.25, 0.3) is 0 Å². The van der Waals surface area contributed by atoms with Crippen molar-refractivity contribution < 1.29 is 42.2 Å². The van der Waals surface area contributed by atoms with Gasteiger partial charge < -0.3 is 10.6 Å². The molecule has 2 aromatic carbocycles. The van der Waals surface area contributed by atoms with E-state index in [2.05, 4.69) is 10.6 Å². The number of rotatable bonds is 13. The first-order valence-electron chi connectivity index (χ1n) is 12.8. The minimum absolute atomic E-state index is 0.0619. The van der Waals surface area contributed by atoms with Crippen molar-refractivity contribution >= 4 is 39.7 Å². The van der Waals surface area contributed by atoms with Crippen LogP contribution in [0.15, 0.2) is 54.6 Å². The lowest BCUT2D eigenvalue weighted by Gasteiger charge is -2.30. The quantitative estimate of drug-likeness (QED) is 0.0970. The predicted molar refractivity (Wildman–Crippen MR) is 145 cm³/mol. The van der Waals surface area contributed by atoms with E-state index in [1.165, 1.54) is 17.6 Å². The molecule has 3 rings (SSSR count). The molecule has 5 N–H and O–H groups in total. The molecule has 5 amide bonds. The topological polar surface area (TPSA) is 199 Å². The number of carbonyl (C=O) groups is 5. The van der Waals surface area contributed by atoms with Gasteiger partial charge in [-0.1, -0.05) is 56.3 Å². The third-order valence-corrected chi connectivity index (χ3v) is 7.11. The molecule has 13 nitrogen and oxygen atoms in total. The van der Waals surface area contributed by atoms with E-state index in [0.29, 0.717) is 5.56 Å². The van der Waals surface area contributed by atoms with Crippen molar-refractivity contribution in [1.29, 1.82) is 0 Å². The molecule has 0 radical (unpaired) electrons. The van der Waals surface area contributed by atoms with Crippen LogP contribution in [0.3, 0.4) is 0 Å². The molecule has 0 aliphatic carbocycles. The number of nitrogens with one attached hydrogen (secondary N) is 3. The number of amides is 5. The number of carbonyl (C=O) groups excluding carboxylic acids is 5. The minimum atomic E-state index is -4.56. The van der Waals surface area contributed by atoms with Crippen molar-refractivity contribution in [3.8, 4) is 0 Å². The Bertz CT molecular complexity index is 1380. The van der Waals surface area contributed by atoms with Crippen LogP contribution < -0.4 is 16.1 Å². The van der Waals surface area contributed by atoms with Crippen molar-refractivity contribution in [1.82, 2.24) is 21.0 Å². The molecule has 3 unspecified atom stereocenters. The van der Waals surface area contributed by atoms with E-state index in [9.17, 15) is 37.6 Å². The Morgan fingerprint density at radius 3 is 1.93 bits per heavy atom. The highest BCUT2D eigenvalue weighted by atomic mass is 32.2. The molecule has 1 aliphatic rings. The molecule has 41 heavy (non-hydrogen) atoms. The van der Waals surface area contributed by atoms with Gasteiger partial charge in [-0.25, -0.2) is 5.48 Å². The Labute approximate surface area is 237 Å². The fourth-order valence-corrected chi connectivity index (χ4v) is 4.99. The highest BCUT2D eigenvalue weighted by Crippen LogP contribution is 2.28. The van der Waals surface area contributed by atoms with Crippen LogP contribution in [0.4, 0.5) is 0 Å². The lowest BCUT2D eigenvalue weighted by Crippen LogP contribution is -2.54. The van der Waals surface area contributed by atoms with Gasteiger partial charge in [-0.15, -0.1) is 0 Å². The molecule has 0 saturated heterocycles. The van der Waals surface area contributed by atoms with E-state index in [1.807, 2.05) is 0 Å². The molecule has 1 heterocycles. The van der Waals surface area contributed by atoms with Crippen LogP contribution in [0, 0.1) is 17.8 Å². The fourth-order valence-electron chi connectivity index (χ4n) is 4.66. The van der Waals surface area contributed by atoms with E-state index in [4.69, 9.17) is 4.55 Å². The van der Waals surface area contributed by atoms with Gasteiger partial charge in [0.1, 0.15) is 11.9 Å². The summed E-state index contributed by atoms with van der Waals surface area (Å²) >= 11 is 0. The summed E-state index contributed by atoms with van der Waals surface area (Å²) in [4.78, 5) is 66.3. The maximum absolute atomic E-state index is 13.7. The minimum Gasteiger partial charge on any atom is -0.344 e. The van der Waals surface area contributed by atoms with Crippen molar-refractivity contribution in [2.75, 3.05) is 12.4 Å². The monoisotopic (exact) mass is 588 g/mol. The normalized spacial score (nSPS) is 15.2. The van der Waals surface area contributed by atoms with Crippen LogP contribution in [0.1, 0.15) is 46.5 Å². The highest BCUT2D eigenvalue weighted by molar-refractivity contribution is 7.85. The first-order chi connectivity index (χ1) is 19.3. The summed E-state index contributed by atoms with van der Waals surface area (Å²) < 4.78 is 31.4. The zero-order chi connectivity index (χ0) is 30.3. The summed E-state index contributed by atoms with van der Waals surface area (Å²) in [5.74, 6) is -7.92. The average molecular weight is 589 g/mol. The number of benzene rings is 2. The number of imide groups is 1. The summed E-state index contributed by atoms with van der Waals surface area (Å²) in [5.41, 5.74) is 2.42. The second-order valence-corrected chi connectivity index (χ2v) is 11.6. The molecule has 0 bridgehead atoms. The maximum Gasteiger partial charge on any atom is 0.283 e. The molecule has 14 heteroatoms. The van der Waals surface area contributed by atoms with Crippen LogP contribution in [0.5, 0.6) is 0 Å². The number of hydroxylamine groups is 1. The van der Waals surface area contributed by atoms with Gasteiger partial charge in [-0.2, -0.15) is 8.42 Å². The lowest BCUT2D eigenvalue weighted by atomic mass is 9.83. The summed E-state index contributed by atoms with van der Waals surface area (Å²) in [6.45, 7) is 3.02.